The van der Waals surface area contributed by atoms with Gasteiger partial charge in [0.15, 0.2) is 8.07 Å². The summed E-state index contributed by atoms with van der Waals surface area (Å²) < 4.78 is 0. The van der Waals surface area contributed by atoms with E-state index in [1.165, 1.54) is 76.0 Å². The molecule has 300 valence electrons. The SMILES string of the molecule is CC1(C)c2ccccc2-c2ccc(N(c3ccc(-c4ccc([Si](c5ccccc5)(c5ccccc5)c5ccccc5)cc4)cc3)c3ccc(-c4cccc5ccccc45)cc3)cc21. The molecule has 0 saturated heterocycles. The summed E-state index contributed by atoms with van der Waals surface area (Å²) in [6.07, 6.45) is 0. The fourth-order valence-corrected chi connectivity index (χ4v) is 15.1. The maximum absolute atomic E-state index is 2.61. The molecule has 63 heavy (non-hydrogen) atoms. The normalized spacial score (nSPS) is 12.7. The quantitative estimate of drug-likeness (QED) is 0.104. The fourth-order valence-electron chi connectivity index (χ4n) is 10.3. The number of benzene rings is 10. The number of hydrogen-bond donors (Lipinski definition) is 0. The van der Waals surface area contributed by atoms with Gasteiger partial charge in [-0.05, 0) is 112 Å². The van der Waals surface area contributed by atoms with Gasteiger partial charge in [0.25, 0.3) is 0 Å². The molecule has 0 saturated carbocycles. The third kappa shape index (κ3) is 6.54. The first kappa shape index (κ1) is 38.4. The average molecular weight is 822 g/mol. The Balaban J connectivity index is 0.989. The van der Waals surface area contributed by atoms with Crippen molar-refractivity contribution in [3.05, 3.63) is 260 Å². The minimum Gasteiger partial charge on any atom is -0.310 e. The summed E-state index contributed by atoms with van der Waals surface area (Å²) in [7, 11) is -2.61. The van der Waals surface area contributed by atoms with Gasteiger partial charge in [-0.2, -0.15) is 0 Å². The van der Waals surface area contributed by atoms with Crippen LogP contribution in [0.5, 0.6) is 0 Å². The van der Waals surface area contributed by atoms with Gasteiger partial charge < -0.3 is 4.90 Å². The van der Waals surface area contributed by atoms with E-state index in [-0.39, 0.29) is 5.41 Å². The molecule has 1 aliphatic rings. The summed E-state index contributed by atoms with van der Waals surface area (Å²) in [6.45, 7) is 4.72. The Bertz CT molecular complexity index is 3110. The molecule has 0 fully saturated rings. The summed E-state index contributed by atoms with van der Waals surface area (Å²) >= 11 is 0. The predicted octanol–water partition coefficient (Wildman–Crippen LogP) is 13.3. The average Bonchev–Trinajstić information content (AvgIpc) is 3.58. The van der Waals surface area contributed by atoms with Crippen LogP contribution < -0.4 is 25.6 Å². The van der Waals surface area contributed by atoms with Crippen LogP contribution in [0, 0.1) is 0 Å². The maximum Gasteiger partial charge on any atom is 0.179 e. The first-order valence-corrected chi connectivity index (χ1v) is 24.0. The molecule has 0 heterocycles. The highest BCUT2D eigenvalue weighted by Gasteiger charge is 2.41. The van der Waals surface area contributed by atoms with Gasteiger partial charge in [0.1, 0.15) is 0 Å². The van der Waals surface area contributed by atoms with Crippen LogP contribution in [0.4, 0.5) is 17.1 Å². The Labute approximate surface area is 372 Å². The van der Waals surface area contributed by atoms with Gasteiger partial charge in [0, 0.05) is 22.5 Å². The van der Waals surface area contributed by atoms with E-state index >= 15 is 0 Å². The Morgan fingerprint density at radius 3 is 1.35 bits per heavy atom. The zero-order valence-corrected chi connectivity index (χ0v) is 36.6. The van der Waals surface area contributed by atoms with Crippen LogP contribution in [0.1, 0.15) is 25.0 Å². The van der Waals surface area contributed by atoms with E-state index in [0.29, 0.717) is 0 Å². The van der Waals surface area contributed by atoms with Crippen LogP contribution in [-0.4, -0.2) is 8.07 Å². The number of anilines is 3. The minimum atomic E-state index is -2.61. The molecule has 2 heteroatoms. The zero-order valence-electron chi connectivity index (χ0n) is 35.6. The molecule has 10 aromatic rings. The van der Waals surface area contributed by atoms with Crippen molar-refractivity contribution in [3.8, 4) is 33.4 Å². The summed E-state index contributed by atoms with van der Waals surface area (Å²) in [6, 6.07) is 92.2. The monoisotopic (exact) mass is 821 g/mol. The van der Waals surface area contributed by atoms with Crippen LogP contribution in [-0.2, 0) is 5.41 Å². The Kier molecular flexibility index (Phi) is 9.60. The molecule has 0 spiro atoms. The van der Waals surface area contributed by atoms with E-state index in [0.717, 1.165) is 17.1 Å². The highest BCUT2D eigenvalue weighted by Crippen LogP contribution is 2.50. The minimum absolute atomic E-state index is 0.107. The lowest BCUT2D eigenvalue weighted by atomic mass is 9.82. The Hall–Kier alpha value is -7.52. The summed E-state index contributed by atoms with van der Waals surface area (Å²) in [4.78, 5) is 2.42. The van der Waals surface area contributed by atoms with Gasteiger partial charge in [-0.1, -0.05) is 226 Å². The molecule has 0 bridgehead atoms. The highest BCUT2D eigenvalue weighted by atomic mass is 28.3. The van der Waals surface area contributed by atoms with Crippen molar-refractivity contribution in [1.29, 1.82) is 0 Å². The maximum atomic E-state index is 2.42. The van der Waals surface area contributed by atoms with E-state index in [2.05, 4.69) is 267 Å². The second kappa shape index (κ2) is 15.7. The van der Waals surface area contributed by atoms with E-state index < -0.39 is 8.07 Å². The van der Waals surface area contributed by atoms with Gasteiger partial charge in [0.2, 0.25) is 0 Å². The van der Waals surface area contributed by atoms with Crippen molar-refractivity contribution in [2.75, 3.05) is 4.90 Å². The Morgan fingerprint density at radius 1 is 0.317 bits per heavy atom. The van der Waals surface area contributed by atoms with Gasteiger partial charge >= 0.3 is 0 Å². The topological polar surface area (TPSA) is 3.24 Å². The second-order valence-corrected chi connectivity index (χ2v) is 21.1. The largest absolute Gasteiger partial charge is 0.310 e. The van der Waals surface area contributed by atoms with Crippen LogP contribution in [0.15, 0.2) is 249 Å². The van der Waals surface area contributed by atoms with Crippen molar-refractivity contribution in [1.82, 2.24) is 0 Å². The molecule has 0 aromatic heterocycles. The van der Waals surface area contributed by atoms with Gasteiger partial charge in [-0.15, -0.1) is 0 Å². The standard InChI is InChI=1S/C61H47NSi/c1-61(2)59-28-15-14-26-57(59)58-42-39-50(43-60(58)61)62(49-37-31-47(32-38-49)56-27-16-18-46-17-12-13-25-55(46)56)48-35-29-44(30-36-48)45-33-40-54(41-34-45)63(51-19-6-3-7-20-51,52-21-8-4-9-22-52)53-23-10-5-11-24-53/h3-43H,1-2H3. The van der Waals surface area contributed by atoms with Gasteiger partial charge in [-0.25, -0.2) is 0 Å². The van der Waals surface area contributed by atoms with Crippen molar-refractivity contribution >= 4 is 56.7 Å². The molecule has 11 rings (SSSR count). The zero-order chi connectivity index (χ0) is 42.4. The molecule has 0 atom stereocenters. The lowest BCUT2D eigenvalue weighted by molar-refractivity contribution is 0.660. The van der Waals surface area contributed by atoms with E-state index in [9.17, 15) is 0 Å². The molecular weight excluding hydrogens is 775 g/mol. The van der Waals surface area contributed by atoms with E-state index in [4.69, 9.17) is 0 Å². The van der Waals surface area contributed by atoms with Crippen molar-refractivity contribution in [3.63, 3.8) is 0 Å². The lowest BCUT2D eigenvalue weighted by Gasteiger charge is -2.34. The lowest BCUT2D eigenvalue weighted by Crippen LogP contribution is -2.74. The summed E-state index contributed by atoms with van der Waals surface area (Å²) in [5, 5.41) is 8.02. The molecule has 0 unspecified atom stereocenters. The predicted molar refractivity (Wildman–Crippen MR) is 271 cm³/mol. The molecule has 0 radical (unpaired) electrons. The van der Waals surface area contributed by atoms with Gasteiger partial charge in [-0.3, -0.25) is 0 Å². The van der Waals surface area contributed by atoms with Gasteiger partial charge in [0.05, 0.1) is 0 Å². The summed E-state index contributed by atoms with van der Waals surface area (Å²) in [5.41, 5.74) is 13.5. The molecule has 0 aliphatic heterocycles. The van der Waals surface area contributed by atoms with Crippen LogP contribution in [0.2, 0.25) is 0 Å². The van der Waals surface area contributed by atoms with E-state index in [1.807, 2.05) is 0 Å². The second-order valence-electron chi connectivity index (χ2n) is 17.3. The molecule has 1 nitrogen and oxygen atoms in total. The first-order valence-electron chi connectivity index (χ1n) is 22.0. The van der Waals surface area contributed by atoms with Crippen molar-refractivity contribution < 1.29 is 0 Å². The van der Waals surface area contributed by atoms with E-state index in [1.54, 1.807) is 0 Å². The van der Waals surface area contributed by atoms with Crippen molar-refractivity contribution in [2.45, 2.75) is 19.3 Å². The van der Waals surface area contributed by atoms with Crippen LogP contribution >= 0.6 is 0 Å². The fraction of sp³-hybridized carbons (Fsp3) is 0.0492. The first-order chi connectivity index (χ1) is 31.0. The molecule has 10 aromatic carbocycles. The van der Waals surface area contributed by atoms with Crippen LogP contribution in [0.25, 0.3) is 44.2 Å². The molecule has 0 amide bonds. The van der Waals surface area contributed by atoms with Crippen molar-refractivity contribution in [2.24, 2.45) is 0 Å². The molecular formula is C61H47NSi. The highest BCUT2D eigenvalue weighted by molar-refractivity contribution is 7.19. The van der Waals surface area contributed by atoms with Crippen LogP contribution in [0.3, 0.4) is 0 Å². The smallest absolute Gasteiger partial charge is 0.179 e. The number of fused-ring (bicyclic) bond motifs is 4. The molecule has 0 N–H and O–H groups in total. The summed E-state index contributed by atoms with van der Waals surface area (Å²) in [5.74, 6) is 0. The number of hydrogen-bond acceptors (Lipinski definition) is 1. The Morgan fingerprint density at radius 2 is 0.746 bits per heavy atom. The third-order valence-electron chi connectivity index (χ3n) is 13.4. The number of rotatable bonds is 9. The number of nitrogens with zero attached hydrogens (tertiary/aromatic N) is 1. The third-order valence-corrected chi connectivity index (χ3v) is 18.2. The molecule has 1 aliphatic carbocycles.